The molecule has 58 heavy (non-hydrogen) atoms. The highest BCUT2D eigenvalue weighted by molar-refractivity contribution is 5.93. The minimum atomic E-state index is -0.409. The topological polar surface area (TPSA) is 3.24 Å². The Kier molecular flexibility index (Phi) is 8.83. The van der Waals surface area contributed by atoms with Gasteiger partial charge in [-0.3, -0.25) is 0 Å². The first-order valence-electron chi connectivity index (χ1n) is 20.8. The van der Waals surface area contributed by atoms with Crippen LogP contribution in [0.25, 0.3) is 34.4 Å². The second-order valence-corrected chi connectivity index (χ2v) is 16.0. The van der Waals surface area contributed by atoms with Crippen LogP contribution in [-0.4, -0.2) is 0 Å². The van der Waals surface area contributed by atoms with E-state index >= 15 is 0 Å². The lowest BCUT2D eigenvalue weighted by molar-refractivity contribution is 0.490. The van der Waals surface area contributed by atoms with Gasteiger partial charge in [0.2, 0.25) is 0 Å². The van der Waals surface area contributed by atoms with Crippen molar-refractivity contribution in [3.05, 3.63) is 244 Å². The van der Waals surface area contributed by atoms with E-state index in [9.17, 15) is 0 Å². The predicted molar refractivity (Wildman–Crippen MR) is 245 cm³/mol. The number of para-hydroxylation sites is 1. The fourth-order valence-corrected chi connectivity index (χ4v) is 10.3. The van der Waals surface area contributed by atoms with Crippen LogP contribution in [0, 0.1) is 6.92 Å². The maximum atomic E-state index is 2.47. The Balaban J connectivity index is 1.07. The first-order chi connectivity index (χ1) is 28.6. The minimum absolute atomic E-state index is 0.0853. The van der Waals surface area contributed by atoms with Crippen LogP contribution in [0.15, 0.2) is 194 Å². The molecule has 1 nitrogen and oxygen atoms in total. The van der Waals surface area contributed by atoms with E-state index < -0.39 is 5.41 Å². The largest absolute Gasteiger partial charge is 0.310 e. The van der Waals surface area contributed by atoms with Crippen LogP contribution in [0.4, 0.5) is 17.1 Å². The van der Waals surface area contributed by atoms with Crippen LogP contribution in [0.3, 0.4) is 0 Å². The summed E-state index contributed by atoms with van der Waals surface area (Å²) >= 11 is 0. The van der Waals surface area contributed by atoms with Gasteiger partial charge in [0.05, 0.1) is 5.41 Å². The zero-order valence-corrected chi connectivity index (χ0v) is 33.5. The average Bonchev–Trinajstić information content (AvgIpc) is 3.75. The molecule has 0 unspecified atom stereocenters. The van der Waals surface area contributed by atoms with Crippen molar-refractivity contribution in [3.63, 3.8) is 0 Å². The lowest BCUT2D eigenvalue weighted by atomic mass is 9.67. The van der Waals surface area contributed by atoms with Gasteiger partial charge in [-0.15, -0.1) is 0 Å². The second-order valence-electron chi connectivity index (χ2n) is 16.0. The summed E-state index contributed by atoms with van der Waals surface area (Å²) in [5.41, 5.74) is 20.2. The quantitative estimate of drug-likeness (QED) is 0.133. The number of rotatable bonds is 9. The SMILES string of the molecule is CCC1(CC)c2cc(/C=C/c3cccc4c3-c3ccccc3C4(c3ccccc3)c3ccccc3)ccc2-c2ccc(N(c3ccccc3)c3ccc(C)cc3)cc21. The Bertz CT molecular complexity index is 2750. The number of benzene rings is 8. The summed E-state index contributed by atoms with van der Waals surface area (Å²) in [6.07, 6.45) is 6.74. The summed E-state index contributed by atoms with van der Waals surface area (Å²) in [6.45, 7) is 6.88. The summed E-state index contributed by atoms with van der Waals surface area (Å²) in [5.74, 6) is 0. The first kappa shape index (κ1) is 35.7. The third kappa shape index (κ3) is 5.45. The van der Waals surface area contributed by atoms with Gasteiger partial charge in [-0.1, -0.05) is 189 Å². The van der Waals surface area contributed by atoms with Crippen LogP contribution in [0.1, 0.15) is 76.8 Å². The molecule has 8 aromatic carbocycles. The van der Waals surface area contributed by atoms with Gasteiger partial charge < -0.3 is 4.90 Å². The lowest BCUT2D eigenvalue weighted by Gasteiger charge is -2.33. The molecule has 0 atom stereocenters. The normalized spacial score (nSPS) is 14.1. The number of anilines is 3. The van der Waals surface area contributed by atoms with Gasteiger partial charge in [0.15, 0.2) is 0 Å². The number of hydrogen-bond donors (Lipinski definition) is 0. The highest BCUT2D eigenvalue weighted by Gasteiger charge is 2.46. The van der Waals surface area contributed by atoms with Gasteiger partial charge in [0.1, 0.15) is 0 Å². The van der Waals surface area contributed by atoms with E-state index in [4.69, 9.17) is 0 Å². The Morgan fingerprint density at radius 1 is 0.431 bits per heavy atom. The number of aryl methyl sites for hydroxylation is 1. The molecule has 0 saturated heterocycles. The summed E-state index contributed by atoms with van der Waals surface area (Å²) in [4.78, 5) is 2.40. The van der Waals surface area contributed by atoms with Gasteiger partial charge in [-0.2, -0.15) is 0 Å². The Morgan fingerprint density at radius 2 is 0.983 bits per heavy atom. The van der Waals surface area contributed by atoms with E-state index in [1.165, 1.54) is 78.0 Å². The molecule has 2 aliphatic carbocycles. The molecule has 0 N–H and O–H groups in total. The average molecular weight is 746 g/mol. The molecule has 0 amide bonds. The van der Waals surface area contributed by atoms with Gasteiger partial charge in [0.25, 0.3) is 0 Å². The van der Waals surface area contributed by atoms with Crippen LogP contribution < -0.4 is 4.90 Å². The smallest absolute Gasteiger partial charge is 0.0713 e. The lowest BCUT2D eigenvalue weighted by Crippen LogP contribution is -2.28. The summed E-state index contributed by atoms with van der Waals surface area (Å²) in [7, 11) is 0. The number of nitrogens with zero attached hydrogens (tertiary/aromatic N) is 1. The minimum Gasteiger partial charge on any atom is -0.310 e. The molecule has 0 aromatic heterocycles. The Morgan fingerprint density at radius 3 is 1.66 bits per heavy atom. The molecule has 0 radical (unpaired) electrons. The van der Waals surface area contributed by atoms with Crippen LogP contribution in [0.5, 0.6) is 0 Å². The fourth-order valence-electron chi connectivity index (χ4n) is 10.3. The molecular formula is C57H47N. The van der Waals surface area contributed by atoms with Crippen LogP contribution in [0.2, 0.25) is 0 Å². The first-order valence-corrected chi connectivity index (χ1v) is 20.8. The monoisotopic (exact) mass is 745 g/mol. The Labute approximate surface area is 343 Å². The molecule has 1 heteroatoms. The number of hydrogen-bond acceptors (Lipinski definition) is 1. The van der Waals surface area contributed by atoms with Crippen molar-refractivity contribution in [2.24, 2.45) is 0 Å². The summed E-state index contributed by atoms with van der Waals surface area (Å²) in [5, 5.41) is 0. The van der Waals surface area contributed by atoms with Crippen LogP contribution in [-0.2, 0) is 10.8 Å². The van der Waals surface area contributed by atoms with Gasteiger partial charge >= 0.3 is 0 Å². The third-order valence-electron chi connectivity index (χ3n) is 13.1. The van der Waals surface area contributed by atoms with Crippen molar-refractivity contribution in [1.82, 2.24) is 0 Å². The fraction of sp³-hybridized carbons (Fsp3) is 0.123. The Hall–Kier alpha value is -6.70. The number of fused-ring (bicyclic) bond motifs is 6. The second kappa shape index (κ2) is 14.4. The summed E-state index contributed by atoms with van der Waals surface area (Å²) in [6, 6.07) is 72.0. The van der Waals surface area contributed by atoms with E-state index in [0.29, 0.717) is 0 Å². The molecule has 2 aliphatic rings. The molecule has 0 aliphatic heterocycles. The maximum absolute atomic E-state index is 2.47. The molecule has 0 saturated carbocycles. The zero-order valence-electron chi connectivity index (χ0n) is 33.5. The molecule has 0 fully saturated rings. The molecule has 0 heterocycles. The van der Waals surface area contributed by atoms with Gasteiger partial charge in [-0.25, -0.2) is 0 Å². The highest BCUT2D eigenvalue weighted by atomic mass is 15.1. The molecular weight excluding hydrogens is 699 g/mol. The van der Waals surface area contributed by atoms with E-state index in [1.54, 1.807) is 0 Å². The van der Waals surface area contributed by atoms with Crippen LogP contribution >= 0.6 is 0 Å². The summed E-state index contributed by atoms with van der Waals surface area (Å²) < 4.78 is 0. The molecule has 8 aromatic rings. The predicted octanol–water partition coefficient (Wildman–Crippen LogP) is 15.1. The molecule has 280 valence electrons. The highest BCUT2D eigenvalue weighted by Crippen LogP contribution is 2.58. The van der Waals surface area contributed by atoms with Crippen molar-refractivity contribution in [3.8, 4) is 22.3 Å². The molecule has 0 spiro atoms. The van der Waals surface area contributed by atoms with E-state index in [0.717, 1.165) is 24.2 Å². The van der Waals surface area contributed by atoms with Gasteiger partial charge in [-0.05, 0) is 123 Å². The zero-order chi connectivity index (χ0) is 39.3. The van der Waals surface area contributed by atoms with Crippen molar-refractivity contribution in [1.29, 1.82) is 0 Å². The van der Waals surface area contributed by atoms with Crippen molar-refractivity contribution in [2.75, 3.05) is 4.90 Å². The van der Waals surface area contributed by atoms with E-state index in [1.807, 2.05) is 0 Å². The molecule has 10 rings (SSSR count). The van der Waals surface area contributed by atoms with Gasteiger partial charge in [0, 0.05) is 22.5 Å². The standard InChI is InChI=1S/C57H47N/c1-4-56(5-2)53-38-41(31-36-48(53)49-37-35-47(39-54(49)56)58(45-23-13-8-14-24-45)46-33-28-40(3)29-34-46)30-32-42-18-17-27-52-55(42)50-25-15-16-26-51(50)57(52,43-19-9-6-10-20-43)44-21-11-7-12-22-44/h6-39H,4-5H2,1-3H3/b32-30+. The third-order valence-corrected chi connectivity index (χ3v) is 13.1. The molecule has 0 bridgehead atoms. The van der Waals surface area contributed by atoms with E-state index in [-0.39, 0.29) is 5.41 Å². The van der Waals surface area contributed by atoms with Crippen molar-refractivity contribution < 1.29 is 0 Å². The maximum Gasteiger partial charge on any atom is 0.0713 e. The van der Waals surface area contributed by atoms with E-state index in [2.05, 4.69) is 232 Å². The van der Waals surface area contributed by atoms with Crippen molar-refractivity contribution >= 4 is 29.2 Å². The van der Waals surface area contributed by atoms with Crippen molar-refractivity contribution in [2.45, 2.75) is 44.4 Å².